The van der Waals surface area contributed by atoms with E-state index in [1.807, 2.05) is 0 Å². The number of aryl methyl sites for hydroxylation is 2. The van der Waals surface area contributed by atoms with Crippen LogP contribution in [0, 0.1) is 5.92 Å². The molecule has 0 aliphatic heterocycles. The first-order chi connectivity index (χ1) is 7.80. The average Bonchev–Trinajstić information content (AvgIpc) is 3.06. The van der Waals surface area contributed by atoms with Gasteiger partial charge in [0.25, 0.3) is 0 Å². The van der Waals surface area contributed by atoms with E-state index < -0.39 is 0 Å². The molecule has 0 N–H and O–H groups in total. The van der Waals surface area contributed by atoms with Gasteiger partial charge in [-0.3, -0.25) is 9.48 Å². The molecule has 1 aromatic rings. The quantitative estimate of drug-likeness (QED) is 0.691. The fraction of sp³-hybridized carbons (Fsp3) is 0.692. The van der Waals surface area contributed by atoms with Gasteiger partial charge in [-0.1, -0.05) is 26.7 Å². The lowest BCUT2D eigenvalue weighted by molar-refractivity contribution is 0.112. The van der Waals surface area contributed by atoms with Gasteiger partial charge in [-0.2, -0.15) is 5.10 Å². The van der Waals surface area contributed by atoms with Crippen LogP contribution in [0.3, 0.4) is 0 Å². The second-order valence-electron chi connectivity index (χ2n) is 4.59. The first-order valence-electron chi connectivity index (χ1n) is 6.33. The molecule has 0 bridgehead atoms. The standard InChI is InChI=1S/C13H20N2O/c1-3-12-11(9-16)13(4-2)15(14-12)8-7-10-5-6-10/h9-10H,3-8H2,1-2H3. The minimum atomic E-state index is 0.834. The smallest absolute Gasteiger partial charge is 0.153 e. The van der Waals surface area contributed by atoms with E-state index in [2.05, 4.69) is 23.6 Å². The van der Waals surface area contributed by atoms with Crippen molar-refractivity contribution in [3.8, 4) is 0 Å². The predicted octanol–water partition coefficient (Wildman–Crippen LogP) is 2.62. The molecule has 0 atom stereocenters. The van der Waals surface area contributed by atoms with Gasteiger partial charge < -0.3 is 0 Å². The summed E-state index contributed by atoms with van der Waals surface area (Å²) in [6, 6.07) is 0. The highest BCUT2D eigenvalue weighted by molar-refractivity contribution is 5.78. The zero-order chi connectivity index (χ0) is 11.5. The highest BCUT2D eigenvalue weighted by Crippen LogP contribution is 2.33. The van der Waals surface area contributed by atoms with Gasteiger partial charge >= 0.3 is 0 Å². The van der Waals surface area contributed by atoms with Crippen molar-refractivity contribution >= 4 is 6.29 Å². The molecule has 88 valence electrons. The highest BCUT2D eigenvalue weighted by Gasteiger charge is 2.22. The van der Waals surface area contributed by atoms with Crippen LogP contribution in [0.1, 0.15) is 54.9 Å². The Kier molecular flexibility index (Phi) is 3.42. The summed E-state index contributed by atoms with van der Waals surface area (Å²) in [7, 11) is 0. The van der Waals surface area contributed by atoms with E-state index in [1.165, 1.54) is 19.3 Å². The maximum Gasteiger partial charge on any atom is 0.153 e. The molecule has 0 unspecified atom stereocenters. The van der Waals surface area contributed by atoms with E-state index in [0.29, 0.717) is 0 Å². The van der Waals surface area contributed by atoms with Crippen LogP contribution in [-0.2, 0) is 19.4 Å². The van der Waals surface area contributed by atoms with E-state index in [1.54, 1.807) is 0 Å². The number of aromatic nitrogens is 2. The van der Waals surface area contributed by atoms with E-state index >= 15 is 0 Å². The number of nitrogens with zero attached hydrogens (tertiary/aromatic N) is 2. The molecule has 0 amide bonds. The van der Waals surface area contributed by atoms with E-state index in [4.69, 9.17) is 0 Å². The van der Waals surface area contributed by atoms with Crippen molar-refractivity contribution in [1.82, 2.24) is 9.78 Å². The number of carbonyl (C=O) groups is 1. The molecule has 1 saturated carbocycles. The van der Waals surface area contributed by atoms with Crippen LogP contribution >= 0.6 is 0 Å². The summed E-state index contributed by atoms with van der Waals surface area (Å²) in [5.74, 6) is 0.915. The molecule has 1 fully saturated rings. The number of rotatable bonds is 6. The van der Waals surface area contributed by atoms with Crippen molar-refractivity contribution in [2.24, 2.45) is 5.92 Å². The molecule has 0 radical (unpaired) electrons. The number of hydrogen-bond acceptors (Lipinski definition) is 2. The fourth-order valence-corrected chi connectivity index (χ4v) is 2.23. The zero-order valence-electron chi connectivity index (χ0n) is 10.2. The molecule has 2 rings (SSSR count). The van der Waals surface area contributed by atoms with E-state index in [-0.39, 0.29) is 0 Å². The molecule has 3 nitrogen and oxygen atoms in total. The maximum absolute atomic E-state index is 11.1. The lowest BCUT2D eigenvalue weighted by Gasteiger charge is -2.05. The molecule has 0 aromatic carbocycles. The number of carbonyl (C=O) groups excluding carboxylic acids is 1. The first kappa shape index (κ1) is 11.4. The molecule has 1 aliphatic carbocycles. The molecule has 1 heterocycles. The number of aldehydes is 1. The summed E-state index contributed by atoms with van der Waals surface area (Å²) in [4.78, 5) is 11.1. The third-order valence-electron chi connectivity index (χ3n) is 3.41. The van der Waals surface area contributed by atoms with Crippen LogP contribution in [0.2, 0.25) is 0 Å². The monoisotopic (exact) mass is 220 g/mol. The zero-order valence-corrected chi connectivity index (χ0v) is 10.2. The van der Waals surface area contributed by atoms with Crippen molar-refractivity contribution in [3.63, 3.8) is 0 Å². The van der Waals surface area contributed by atoms with Gasteiger partial charge in [-0.25, -0.2) is 0 Å². The van der Waals surface area contributed by atoms with Crippen LogP contribution in [0.25, 0.3) is 0 Å². The molecule has 3 heteroatoms. The second-order valence-corrected chi connectivity index (χ2v) is 4.59. The van der Waals surface area contributed by atoms with Crippen LogP contribution in [0.4, 0.5) is 0 Å². The molecule has 1 aromatic heterocycles. The van der Waals surface area contributed by atoms with Crippen molar-refractivity contribution in [2.75, 3.05) is 0 Å². The third kappa shape index (κ3) is 2.18. The Morgan fingerprint density at radius 1 is 1.38 bits per heavy atom. The van der Waals surface area contributed by atoms with Crippen LogP contribution in [0.15, 0.2) is 0 Å². The Morgan fingerprint density at radius 2 is 2.12 bits per heavy atom. The molecular formula is C13H20N2O. The molecule has 16 heavy (non-hydrogen) atoms. The summed E-state index contributed by atoms with van der Waals surface area (Å²) in [5.41, 5.74) is 2.91. The van der Waals surface area contributed by atoms with Crippen LogP contribution in [-0.4, -0.2) is 16.1 Å². The fourth-order valence-electron chi connectivity index (χ4n) is 2.23. The SMILES string of the molecule is CCc1nn(CCC2CC2)c(CC)c1C=O. The van der Waals surface area contributed by atoms with Gasteiger partial charge in [-0.05, 0) is 25.2 Å². The van der Waals surface area contributed by atoms with Gasteiger partial charge in [0.05, 0.1) is 11.3 Å². The minimum Gasteiger partial charge on any atom is -0.298 e. The Bertz CT molecular complexity index is 378. The van der Waals surface area contributed by atoms with E-state index in [9.17, 15) is 4.79 Å². The lowest BCUT2D eigenvalue weighted by Crippen LogP contribution is -2.06. The highest BCUT2D eigenvalue weighted by atomic mass is 16.1. The first-order valence-corrected chi connectivity index (χ1v) is 6.33. The van der Waals surface area contributed by atoms with Gasteiger partial charge in [0.2, 0.25) is 0 Å². The molecule has 0 saturated heterocycles. The molecule has 1 aliphatic rings. The summed E-state index contributed by atoms with van der Waals surface area (Å²) >= 11 is 0. The molecule has 0 spiro atoms. The van der Waals surface area contributed by atoms with Crippen LogP contribution in [0.5, 0.6) is 0 Å². The normalized spacial score (nSPS) is 15.4. The Labute approximate surface area is 96.8 Å². The van der Waals surface area contributed by atoms with Gasteiger partial charge in [0.1, 0.15) is 0 Å². The summed E-state index contributed by atoms with van der Waals surface area (Å²) in [6.07, 6.45) is 6.69. The maximum atomic E-state index is 11.1. The number of hydrogen-bond donors (Lipinski definition) is 0. The Hall–Kier alpha value is -1.12. The topological polar surface area (TPSA) is 34.9 Å². The average molecular weight is 220 g/mol. The van der Waals surface area contributed by atoms with Gasteiger partial charge in [-0.15, -0.1) is 0 Å². The Morgan fingerprint density at radius 3 is 2.62 bits per heavy atom. The van der Waals surface area contributed by atoms with Gasteiger partial charge in [0.15, 0.2) is 6.29 Å². The van der Waals surface area contributed by atoms with Crippen LogP contribution < -0.4 is 0 Å². The Balaban J connectivity index is 2.20. The van der Waals surface area contributed by atoms with Crippen molar-refractivity contribution in [3.05, 3.63) is 17.0 Å². The van der Waals surface area contributed by atoms with Gasteiger partial charge in [0, 0.05) is 12.2 Å². The van der Waals surface area contributed by atoms with Crippen molar-refractivity contribution in [2.45, 2.75) is 52.5 Å². The summed E-state index contributed by atoms with van der Waals surface area (Å²) < 4.78 is 2.06. The third-order valence-corrected chi connectivity index (χ3v) is 3.41. The predicted molar refractivity (Wildman–Crippen MR) is 63.7 cm³/mol. The minimum absolute atomic E-state index is 0.834. The van der Waals surface area contributed by atoms with Crippen molar-refractivity contribution in [1.29, 1.82) is 0 Å². The summed E-state index contributed by atoms with van der Waals surface area (Å²) in [5, 5.41) is 4.56. The lowest BCUT2D eigenvalue weighted by atomic mass is 10.1. The molecular weight excluding hydrogens is 200 g/mol. The summed E-state index contributed by atoms with van der Waals surface area (Å²) in [6.45, 7) is 5.13. The largest absolute Gasteiger partial charge is 0.298 e. The van der Waals surface area contributed by atoms with E-state index in [0.717, 1.165) is 48.5 Å². The van der Waals surface area contributed by atoms with Crippen molar-refractivity contribution < 1.29 is 4.79 Å². The second kappa shape index (κ2) is 4.81.